The Bertz CT molecular complexity index is 452. The van der Waals surface area contributed by atoms with E-state index < -0.39 is 5.60 Å². The number of methoxy groups -OCH3 is 1. The van der Waals surface area contributed by atoms with Gasteiger partial charge in [-0.15, -0.1) is 0 Å². The molecule has 2 rings (SSSR count). The smallest absolute Gasteiger partial charge is 0.271 e. The highest BCUT2D eigenvalue weighted by Crippen LogP contribution is 2.21. The zero-order chi connectivity index (χ0) is 13.9. The molecule has 0 spiro atoms. The highest BCUT2D eigenvalue weighted by Gasteiger charge is 2.35. The molecule has 1 atom stereocenters. The number of amides is 1. The molecule has 106 valence electrons. The summed E-state index contributed by atoms with van der Waals surface area (Å²) in [6, 6.07) is 0. The molecule has 0 bridgehead atoms. The maximum Gasteiger partial charge on any atom is 0.271 e. The Balaban J connectivity index is 2.03. The first-order chi connectivity index (χ1) is 9.12. The van der Waals surface area contributed by atoms with E-state index in [1.165, 1.54) is 6.20 Å². The lowest BCUT2D eigenvalue weighted by molar-refractivity contribution is -0.0149. The predicted molar refractivity (Wildman–Crippen MR) is 69.8 cm³/mol. The topological polar surface area (TPSA) is 91.4 Å². The molecule has 1 aliphatic heterocycles. The van der Waals surface area contributed by atoms with Gasteiger partial charge in [0.25, 0.3) is 5.91 Å². The zero-order valence-corrected chi connectivity index (χ0v) is 11.3. The number of anilines is 1. The summed E-state index contributed by atoms with van der Waals surface area (Å²) in [4.78, 5) is 12.2. The molecule has 1 aliphatic rings. The number of nitrogen functional groups attached to an aromatic ring is 1. The Hall–Kier alpha value is -1.60. The standard InChI is InChI=1S/C12H20N4O3/c1-3-16-10(9(13)6-15-16)11(17)14-7-12(18-2)4-5-19-8-12/h6H,3-5,7-8,13H2,1-2H3,(H,14,17). The van der Waals surface area contributed by atoms with Crippen molar-refractivity contribution in [3.8, 4) is 0 Å². The van der Waals surface area contributed by atoms with Crippen LogP contribution in [0.2, 0.25) is 0 Å². The van der Waals surface area contributed by atoms with Crippen LogP contribution < -0.4 is 11.1 Å². The summed E-state index contributed by atoms with van der Waals surface area (Å²) in [6.07, 6.45) is 2.26. The van der Waals surface area contributed by atoms with Gasteiger partial charge in [-0.05, 0) is 6.92 Å². The quantitative estimate of drug-likeness (QED) is 0.785. The molecule has 1 unspecified atom stereocenters. The van der Waals surface area contributed by atoms with Gasteiger partial charge >= 0.3 is 0 Å². The van der Waals surface area contributed by atoms with Crippen molar-refractivity contribution >= 4 is 11.6 Å². The fraction of sp³-hybridized carbons (Fsp3) is 0.667. The van der Waals surface area contributed by atoms with Gasteiger partial charge in [-0.25, -0.2) is 0 Å². The Morgan fingerprint density at radius 3 is 3.11 bits per heavy atom. The van der Waals surface area contributed by atoms with E-state index >= 15 is 0 Å². The molecule has 0 aromatic carbocycles. The fourth-order valence-electron chi connectivity index (χ4n) is 2.17. The highest BCUT2D eigenvalue weighted by atomic mass is 16.5. The van der Waals surface area contributed by atoms with Crippen molar-refractivity contribution in [2.24, 2.45) is 0 Å². The van der Waals surface area contributed by atoms with Gasteiger partial charge in [0, 0.05) is 33.2 Å². The van der Waals surface area contributed by atoms with Crippen LogP contribution in [-0.2, 0) is 16.0 Å². The molecule has 3 N–H and O–H groups in total. The van der Waals surface area contributed by atoms with Crippen LogP contribution in [-0.4, -0.2) is 48.2 Å². The minimum Gasteiger partial charge on any atom is -0.396 e. The number of carbonyl (C=O) groups excluding carboxylic acids is 1. The Labute approximate surface area is 112 Å². The molecule has 1 fully saturated rings. The second-order valence-corrected chi connectivity index (χ2v) is 4.64. The SMILES string of the molecule is CCn1ncc(N)c1C(=O)NCC1(OC)CCOC1. The van der Waals surface area contributed by atoms with Gasteiger partial charge in [-0.2, -0.15) is 5.10 Å². The minimum absolute atomic E-state index is 0.236. The van der Waals surface area contributed by atoms with E-state index in [9.17, 15) is 4.79 Å². The van der Waals surface area contributed by atoms with Gasteiger partial charge in [-0.3, -0.25) is 9.48 Å². The van der Waals surface area contributed by atoms with Crippen molar-refractivity contribution in [1.82, 2.24) is 15.1 Å². The Kier molecular flexibility index (Phi) is 4.06. The molecule has 0 radical (unpaired) electrons. The molecule has 1 saturated heterocycles. The number of carbonyl (C=O) groups is 1. The lowest BCUT2D eigenvalue weighted by Crippen LogP contribution is -2.45. The molecular formula is C12H20N4O3. The largest absolute Gasteiger partial charge is 0.396 e. The number of hydrogen-bond donors (Lipinski definition) is 2. The highest BCUT2D eigenvalue weighted by molar-refractivity contribution is 5.97. The third-order valence-corrected chi connectivity index (χ3v) is 3.45. The summed E-state index contributed by atoms with van der Waals surface area (Å²) >= 11 is 0. The molecule has 7 nitrogen and oxygen atoms in total. The summed E-state index contributed by atoms with van der Waals surface area (Å²) in [5.41, 5.74) is 6.12. The van der Waals surface area contributed by atoms with Gasteiger partial charge in [0.15, 0.2) is 0 Å². The molecule has 1 aromatic heterocycles. The summed E-state index contributed by atoms with van der Waals surface area (Å²) in [6.45, 7) is 4.05. The van der Waals surface area contributed by atoms with E-state index in [2.05, 4.69) is 10.4 Å². The van der Waals surface area contributed by atoms with Crippen molar-refractivity contribution in [3.05, 3.63) is 11.9 Å². The molecule has 19 heavy (non-hydrogen) atoms. The van der Waals surface area contributed by atoms with E-state index in [0.29, 0.717) is 37.7 Å². The van der Waals surface area contributed by atoms with E-state index in [0.717, 1.165) is 6.42 Å². The van der Waals surface area contributed by atoms with Gasteiger partial charge in [0.1, 0.15) is 11.3 Å². The van der Waals surface area contributed by atoms with Crippen LogP contribution in [0.5, 0.6) is 0 Å². The normalized spacial score (nSPS) is 22.6. The molecule has 0 saturated carbocycles. The van der Waals surface area contributed by atoms with E-state index in [1.807, 2.05) is 6.92 Å². The molecule has 1 amide bonds. The summed E-state index contributed by atoms with van der Waals surface area (Å²) in [7, 11) is 1.63. The second-order valence-electron chi connectivity index (χ2n) is 4.64. The average molecular weight is 268 g/mol. The van der Waals surface area contributed by atoms with E-state index in [-0.39, 0.29) is 5.91 Å². The molecule has 2 heterocycles. The molecule has 7 heteroatoms. The molecular weight excluding hydrogens is 248 g/mol. The number of nitrogens with zero attached hydrogens (tertiary/aromatic N) is 2. The number of aromatic nitrogens is 2. The van der Waals surface area contributed by atoms with Crippen molar-refractivity contribution in [2.45, 2.75) is 25.5 Å². The van der Waals surface area contributed by atoms with Crippen LogP contribution in [0.3, 0.4) is 0 Å². The number of nitrogens with one attached hydrogen (secondary N) is 1. The van der Waals surface area contributed by atoms with Crippen LogP contribution in [0.1, 0.15) is 23.8 Å². The number of aryl methyl sites for hydroxylation is 1. The van der Waals surface area contributed by atoms with Crippen molar-refractivity contribution in [2.75, 3.05) is 32.6 Å². The van der Waals surface area contributed by atoms with Crippen molar-refractivity contribution < 1.29 is 14.3 Å². The van der Waals surface area contributed by atoms with Crippen LogP contribution >= 0.6 is 0 Å². The Morgan fingerprint density at radius 2 is 2.53 bits per heavy atom. The third kappa shape index (κ3) is 2.71. The number of nitrogens with two attached hydrogens (primary N) is 1. The van der Waals surface area contributed by atoms with E-state index in [4.69, 9.17) is 15.2 Å². The zero-order valence-electron chi connectivity index (χ0n) is 11.3. The predicted octanol–water partition coefficient (Wildman–Crippen LogP) is 0.0205. The minimum atomic E-state index is -0.429. The lowest BCUT2D eigenvalue weighted by atomic mass is 10.0. The third-order valence-electron chi connectivity index (χ3n) is 3.45. The first-order valence-corrected chi connectivity index (χ1v) is 6.34. The average Bonchev–Trinajstić information content (AvgIpc) is 3.03. The maximum absolute atomic E-state index is 12.2. The van der Waals surface area contributed by atoms with Crippen LogP contribution in [0, 0.1) is 0 Å². The lowest BCUT2D eigenvalue weighted by Gasteiger charge is -2.25. The summed E-state index contributed by atoms with van der Waals surface area (Å²) in [5, 5.41) is 6.90. The molecule has 1 aromatic rings. The number of ether oxygens (including phenoxy) is 2. The first kappa shape index (κ1) is 13.8. The first-order valence-electron chi connectivity index (χ1n) is 6.34. The maximum atomic E-state index is 12.2. The Morgan fingerprint density at radius 1 is 1.74 bits per heavy atom. The number of rotatable bonds is 5. The van der Waals surface area contributed by atoms with Gasteiger partial charge in [0.05, 0.1) is 18.5 Å². The van der Waals surface area contributed by atoms with Gasteiger partial charge < -0.3 is 20.5 Å². The van der Waals surface area contributed by atoms with Crippen LogP contribution in [0.4, 0.5) is 5.69 Å². The van der Waals surface area contributed by atoms with Crippen LogP contribution in [0.15, 0.2) is 6.20 Å². The van der Waals surface area contributed by atoms with Gasteiger partial charge in [-0.1, -0.05) is 0 Å². The van der Waals surface area contributed by atoms with Crippen LogP contribution in [0.25, 0.3) is 0 Å². The monoisotopic (exact) mass is 268 g/mol. The fourth-order valence-corrected chi connectivity index (χ4v) is 2.17. The number of hydrogen-bond acceptors (Lipinski definition) is 5. The van der Waals surface area contributed by atoms with E-state index in [1.54, 1.807) is 11.8 Å². The van der Waals surface area contributed by atoms with Crippen molar-refractivity contribution in [3.63, 3.8) is 0 Å². The van der Waals surface area contributed by atoms with Crippen molar-refractivity contribution in [1.29, 1.82) is 0 Å². The summed E-state index contributed by atoms with van der Waals surface area (Å²) in [5.74, 6) is -0.236. The summed E-state index contributed by atoms with van der Waals surface area (Å²) < 4.78 is 12.4. The van der Waals surface area contributed by atoms with Gasteiger partial charge in [0.2, 0.25) is 0 Å². The second kappa shape index (κ2) is 5.58. The molecule has 0 aliphatic carbocycles.